The minimum Gasteiger partial charge on any atom is -0.495 e. The Balaban J connectivity index is 0.00000242. The molecule has 0 amide bonds. The maximum absolute atomic E-state index is 12.6. The van der Waals surface area contributed by atoms with Gasteiger partial charge in [-0.3, -0.25) is 0 Å². The Morgan fingerprint density at radius 2 is 1.91 bits per heavy atom. The Labute approximate surface area is 145 Å². The van der Waals surface area contributed by atoms with Crippen molar-refractivity contribution in [1.82, 2.24) is 4.72 Å². The van der Waals surface area contributed by atoms with Gasteiger partial charge in [0.05, 0.1) is 18.7 Å². The van der Waals surface area contributed by atoms with Crippen LogP contribution in [0, 0.1) is 5.92 Å². The topological polar surface area (TPSA) is 90.6 Å². The number of hydrogen-bond acceptors (Lipinski definition) is 5. The first-order valence-corrected chi connectivity index (χ1v) is 8.84. The van der Waals surface area contributed by atoms with Crippen LogP contribution < -0.4 is 19.9 Å². The van der Waals surface area contributed by atoms with Gasteiger partial charge in [0.25, 0.3) is 0 Å². The Hall–Kier alpha value is -0.540. The van der Waals surface area contributed by atoms with Crippen molar-refractivity contribution in [2.75, 3.05) is 20.8 Å². The zero-order valence-corrected chi connectivity index (χ0v) is 15.6. The molecule has 6 nitrogen and oxygen atoms in total. The van der Waals surface area contributed by atoms with E-state index in [0.717, 1.165) is 12.8 Å². The molecule has 0 aromatic heterocycles. The molecule has 1 saturated carbocycles. The van der Waals surface area contributed by atoms with E-state index in [0.29, 0.717) is 16.1 Å². The Morgan fingerprint density at radius 3 is 2.36 bits per heavy atom. The fourth-order valence-corrected chi connectivity index (χ4v) is 4.29. The zero-order valence-electron chi connectivity index (χ0n) is 12.3. The number of nitrogens with one attached hydrogen (secondary N) is 1. The lowest BCUT2D eigenvalue weighted by Crippen LogP contribution is -2.41. The summed E-state index contributed by atoms with van der Waals surface area (Å²) in [6.07, 6.45) is 2.02. The van der Waals surface area contributed by atoms with Crippen LogP contribution in [0.2, 0.25) is 0 Å². The van der Waals surface area contributed by atoms with E-state index in [2.05, 4.69) is 20.7 Å². The van der Waals surface area contributed by atoms with Gasteiger partial charge in [-0.05, 0) is 40.8 Å². The van der Waals surface area contributed by atoms with Gasteiger partial charge in [0, 0.05) is 18.7 Å². The van der Waals surface area contributed by atoms with Crippen molar-refractivity contribution >= 4 is 38.4 Å². The molecule has 0 aliphatic heterocycles. The SMILES string of the molecule is COc1cc(OC)c(S(=O)(=O)NC(CN)C2CC2)cc1Br.Cl. The highest BCUT2D eigenvalue weighted by Crippen LogP contribution is 2.37. The minimum absolute atomic E-state index is 0. The van der Waals surface area contributed by atoms with E-state index in [1.807, 2.05) is 0 Å². The summed E-state index contributed by atoms with van der Waals surface area (Å²) in [4.78, 5) is 0.0665. The molecule has 3 N–H and O–H groups in total. The second-order valence-corrected chi connectivity index (χ2v) is 7.48. The molecule has 1 aliphatic carbocycles. The Bertz CT molecular complexity index is 623. The Morgan fingerprint density at radius 1 is 1.32 bits per heavy atom. The van der Waals surface area contributed by atoms with Gasteiger partial charge in [-0.2, -0.15) is 0 Å². The predicted molar refractivity (Wildman–Crippen MR) is 90.4 cm³/mol. The fourth-order valence-electron chi connectivity index (χ4n) is 2.14. The first kappa shape index (κ1) is 19.5. The fraction of sp³-hybridized carbons (Fsp3) is 0.538. The van der Waals surface area contributed by atoms with Crippen molar-refractivity contribution < 1.29 is 17.9 Å². The summed E-state index contributed by atoms with van der Waals surface area (Å²) < 4.78 is 38.6. The summed E-state index contributed by atoms with van der Waals surface area (Å²) in [7, 11) is -0.784. The quantitative estimate of drug-likeness (QED) is 0.710. The molecule has 0 bridgehead atoms. The van der Waals surface area contributed by atoms with Crippen molar-refractivity contribution in [2.45, 2.75) is 23.8 Å². The van der Waals surface area contributed by atoms with Crippen molar-refractivity contribution in [1.29, 1.82) is 0 Å². The van der Waals surface area contributed by atoms with Gasteiger partial charge in [0.2, 0.25) is 10.0 Å². The highest BCUT2D eigenvalue weighted by molar-refractivity contribution is 9.10. The third kappa shape index (κ3) is 4.26. The van der Waals surface area contributed by atoms with Crippen molar-refractivity contribution in [3.05, 3.63) is 16.6 Å². The van der Waals surface area contributed by atoms with E-state index >= 15 is 0 Å². The first-order valence-electron chi connectivity index (χ1n) is 6.57. The van der Waals surface area contributed by atoms with E-state index in [1.54, 1.807) is 0 Å². The highest BCUT2D eigenvalue weighted by Gasteiger charge is 2.34. The third-order valence-electron chi connectivity index (χ3n) is 3.48. The summed E-state index contributed by atoms with van der Waals surface area (Å²) >= 11 is 3.29. The average Bonchev–Trinajstić information content (AvgIpc) is 3.29. The number of ether oxygens (including phenoxy) is 2. The summed E-state index contributed by atoms with van der Waals surface area (Å²) in [5.41, 5.74) is 5.66. The molecule has 9 heteroatoms. The van der Waals surface area contributed by atoms with Gasteiger partial charge < -0.3 is 15.2 Å². The van der Waals surface area contributed by atoms with E-state index in [9.17, 15) is 8.42 Å². The summed E-state index contributed by atoms with van der Waals surface area (Å²) in [6.45, 7) is 0.281. The molecule has 1 aromatic rings. The van der Waals surface area contributed by atoms with Gasteiger partial charge >= 0.3 is 0 Å². The normalized spacial score (nSPS) is 15.8. The molecule has 22 heavy (non-hydrogen) atoms. The summed E-state index contributed by atoms with van der Waals surface area (Å²) in [6, 6.07) is 2.77. The molecular weight excluding hydrogens is 396 g/mol. The van der Waals surface area contributed by atoms with Crippen LogP contribution in [0.3, 0.4) is 0 Å². The van der Waals surface area contributed by atoms with Crippen LogP contribution in [-0.4, -0.2) is 35.2 Å². The first-order chi connectivity index (χ1) is 9.92. The molecule has 2 rings (SSSR count). The van der Waals surface area contributed by atoms with Crippen LogP contribution >= 0.6 is 28.3 Å². The van der Waals surface area contributed by atoms with Crippen LogP contribution in [0.25, 0.3) is 0 Å². The number of benzene rings is 1. The highest BCUT2D eigenvalue weighted by atomic mass is 79.9. The Kier molecular flexibility index (Phi) is 6.94. The van der Waals surface area contributed by atoms with Crippen LogP contribution in [0.1, 0.15) is 12.8 Å². The maximum Gasteiger partial charge on any atom is 0.244 e. The number of rotatable bonds is 7. The number of methoxy groups -OCH3 is 2. The second kappa shape index (κ2) is 7.83. The number of halogens is 2. The smallest absolute Gasteiger partial charge is 0.244 e. The van der Waals surface area contributed by atoms with E-state index in [-0.39, 0.29) is 35.6 Å². The molecule has 0 heterocycles. The lowest BCUT2D eigenvalue weighted by atomic mass is 10.2. The molecule has 1 unspecified atom stereocenters. The summed E-state index contributed by atoms with van der Waals surface area (Å²) in [5, 5.41) is 0. The molecule has 0 saturated heterocycles. The van der Waals surface area contributed by atoms with Gasteiger partial charge in [-0.15, -0.1) is 12.4 Å². The molecular formula is C13H20BrClN2O4S. The van der Waals surface area contributed by atoms with E-state index in [4.69, 9.17) is 15.2 Å². The van der Waals surface area contributed by atoms with Gasteiger partial charge in [0.15, 0.2) is 0 Å². The second-order valence-electron chi connectivity index (χ2n) is 4.94. The zero-order chi connectivity index (χ0) is 15.6. The van der Waals surface area contributed by atoms with E-state index in [1.165, 1.54) is 26.4 Å². The number of hydrogen-bond donors (Lipinski definition) is 2. The van der Waals surface area contributed by atoms with Crippen LogP contribution in [0.5, 0.6) is 11.5 Å². The number of sulfonamides is 1. The molecule has 1 aromatic carbocycles. The lowest BCUT2D eigenvalue weighted by molar-refractivity contribution is 0.384. The average molecular weight is 416 g/mol. The van der Waals surface area contributed by atoms with Crippen molar-refractivity contribution in [3.8, 4) is 11.5 Å². The van der Waals surface area contributed by atoms with Crippen LogP contribution in [0.15, 0.2) is 21.5 Å². The predicted octanol–water partition coefficient (Wildman–Crippen LogP) is 1.90. The molecule has 1 atom stereocenters. The van der Waals surface area contributed by atoms with Crippen molar-refractivity contribution in [2.24, 2.45) is 11.7 Å². The van der Waals surface area contributed by atoms with Gasteiger partial charge in [-0.1, -0.05) is 0 Å². The monoisotopic (exact) mass is 414 g/mol. The van der Waals surface area contributed by atoms with Gasteiger partial charge in [-0.25, -0.2) is 13.1 Å². The van der Waals surface area contributed by atoms with Crippen molar-refractivity contribution in [3.63, 3.8) is 0 Å². The lowest BCUT2D eigenvalue weighted by Gasteiger charge is -2.18. The van der Waals surface area contributed by atoms with Gasteiger partial charge in [0.1, 0.15) is 16.4 Å². The van der Waals surface area contributed by atoms with Crippen LogP contribution in [0.4, 0.5) is 0 Å². The minimum atomic E-state index is -3.71. The molecule has 0 radical (unpaired) electrons. The molecule has 126 valence electrons. The molecule has 1 aliphatic rings. The standard InChI is InChI=1S/C13H19BrN2O4S.ClH/c1-19-11-6-12(20-2)13(5-9(11)14)21(17,18)16-10(7-15)8-3-4-8;/h5-6,8,10,16H,3-4,7,15H2,1-2H3;1H. The summed E-state index contributed by atoms with van der Waals surface area (Å²) in [5.74, 6) is 1.06. The molecule has 0 spiro atoms. The number of nitrogens with two attached hydrogens (primary N) is 1. The maximum atomic E-state index is 12.6. The third-order valence-corrected chi connectivity index (χ3v) is 5.61. The van der Waals surface area contributed by atoms with Crippen LogP contribution in [-0.2, 0) is 10.0 Å². The van der Waals surface area contributed by atoms with E-state index < -0.39 is 10.0 Å². The molecule has 1 fully saturated rings. The largest absolute Gasteiger partial charge is 0.495 e.